The van der Waals surface area contributed by atoms with Crippen LogP contribution in [0, 0.1) is 17.8 Å². The highest BCUT2D eigenvalue weighted by molar-refractivity contribution is 6.20. The first-order chi connectivity index (χ1) is 7.20. The second-order valence-electron chi connectivity index (χ2n) is 5.00. The molecule has 1 N–H and O–H groups in total. The highest BCUT2D eigenvalue weighted by Crippen LogP contribution is 2.57. The predicted octanol–water partition coefficient (Wildman–Crippen LogP) is 2.56. The van der Waals surface area contributed by atoms with Gasteiger partial charge in [0.05, 0.1) is 0 Å². The molecule has 0 heterocycles. The van der Waals surface area contributed by atoms with Crippen LogP contribution in [0.3, 0.4) is 0 Å². The van der Waals surface area contributed by atoms with Crippen LogP contribution >= 0.6 is 11.6 Å². The van der Waals surface area contributed by atoms with E-state index in [9.17, 15) is 4.79 Å². The Labute approximate surface area is 96.8 Å². The van der Waals surface area contributed by atoms with E-state index in [0.29, 0.717) is 11.8 Å². The standard InChI is InChI=1S/C12H20ClNO/c1-8(13)4-3-7-14-12(15)11-9-5-2-6-10(9)11/h8-11H,2-7H2,1H3,(H,14,15). The van der Waals surface area contributed by atoms with E-state index in [0.717, 1.165) is 31.2 Å². The summed E-state index contributed by atoms with van der Waals surface area (Å²) in [5, 5.41) is 3.26. The number of hydrogen-bond acceptors (Lipinski definition) is 1. The summed E-state index contributed by atoms with van der Waals surface area (Å²) in [5.74, 6) is 2.13. The van der Waals surface area contributed by atoms with Gasteiger partial charge in [-0.05, 0) is 44.4 Å². The average molecular weight is 230 g/mol. The molecule has 0 aliphatic heterocycles. The minimum absolute atomic E-state index is 0.224. The van der Waals surface area contributed by atoms with Gasteiger partial charge in [-0.1, -0.05) is 6.42 Å². The minimum Gasteiger partial charge on any atom is -0.356 e. The maximum atomic E-state index is 11.7. The molecule has 2 nitrogen and oxygen atoms in total. The molecule has 0 aromatic rings. The molecule has 0 aromatic carbocycles. The van der Waals surface area contributed by atoms with Gasteiger partial charge in [-0.15, -0.1) is 11.6 Å². The summed E-state index contributed by atoms with van der Waals surface area (Å²) < 4.78 is 0. The van der Waals surface area contributed by atoms with Crippen LogP contribution in [-0.2, 0) is 4.79 Å². The van der Waals surface area contributed by atoms with E-state index in [1.807, 2.05) is 6.92 Å². The van der Waals surface area contributed by atoms with Crippen LogP contribution in [0.15, 0.2) is 0 Å². The van der Waals surface area contributed by atoms with E-state index in [2.05, 4.69) is 5.32 Å². The molecule has 3 unspecified atom stereocenters. The van der Waals surface area contributed by atoms with E-state index in [4.69, 9.17) is 11.6 Å². The zero-order valence-corrected chi connectivity index (χ0v) is 10.1. The summed E-state index contributed by atoms with van der Waals surface area (Å²) in [6, 6.07) is 0. The average Bonchev–Trinajstić information content (AvgIpc) is 2.67. The number of nitrogens with one attached hydrogen (secondary N) is 1. The fourth-order valence-corrected chi connectivity index (χ4v) is 3.08. The molecule has 0 saturated heterocycles. The molecule has 2 fully saturated rings. The van der Waals surface area contributed by atoms with Gasteiger partial charge in [-0.3, -0.25) is 4.79 Å². The highest BCUT2D eigenvalue weighted by atomic mass is 35.5. The van der Waals surface area contributed by atoms with Crippen LogP contribution in [-0.4, -0.2) is 17.8 Å². The molecule has 3 heteroatoms. The quantitative estimate of drug-likeness (QED) is 0.570. The molecule has 2 rings (SSSR count). The molecular weight excluding hydrogens is 210 g/mol. The third-order valence-electron chi connectivity index (χ3n) is 3.79. The van der Waals surface area contributed by atoms with E-state index in [1.165, 1.54) is 19.3 Å². The number of halogens is 1. The zero-order valence-electron chi connectivity index (χ0n) is 9.34. The molecule has 2 saturated carbocycles. The van der Waals surface area contributed by atoms with E-state index < -0.39 is 0 Å². The van der Waals surface area contributed by atoms with Crippen LogP contribution < -0.4 is 5.32 Å². The molecular formula is C12H20ClNO. The van der Waals surface area contributed by atoms with Gasteiger partial charge in [0, 0.05) is 17.8 Å². The number of carbonyl (C=O) groups excluding carboxylic acids is 1. The Hall–Kier alpha value is -0.240. The second kappa shape index (κ2) is 4.73. The third kappa shape index (κ3) is 2.66. The molecule has 0 spiro atoms. The van der Waals surface area contributed by atoms with Crippen molar-refractivity contribution in [3.05, 3.63) is 0 Å². The number of amides is 1. The molecule has 15 heavy (non-hydrogen) atoms. The number of rotatable bonds is 5. The SMILES string of the molecule is CC(Cl)CCCNC(=O)C1C2CCCC21. The number of fused-ring (bicyclic) bond motifs is 1. The maximum absolute atomic E-state index is 11.7. The van der Waals surface area contributed by atoms with Crippen molar-refractivity contribution in [3.8, 4) is 0 Å². The Balaban J connectivity index is 1.58. The predicted molar refractivity (Wildman–Crippen MR) is 61.9 cm³/mol. The lowest BCUT2D eigenvalue weighted by molar-refractivity contribution is -0.123. The lowest BCUT2D eigenvalue weighted by atomic mass is 10.1. The summed E-state index contributed by atoms with van der Waals surface area (Å²) in [7, 11) is 0. The number of alkyl halides is 1. The Morgan fingerprint density at radius 3 is 2.73 bits per heavy atom. The van der Waals surface area contributed by atoms with Crippen LogP contribution in [0.5, 0.6) is 0 Å². The summed E-state index contributed by atoms with van der Waals surface area (Å²) >= 11 is 5.83. The first-order valence-electron chi connectivity index (χ1n) is 6.12. The number of carbonyl (C=O) groups is 1. The molecule has 86 valence electrons. The fourth-order valence-electron chi connectivity index (χ4n) is 2.92. The molecule has 2 aliphatic rings. The second-order valence-corrected chi connectivity index (χ2v) is 5.74. The lowest BCUT2D eigenvalue weighted by Crippen LogP contribution is -2.27. The molecule has 0 bridgehead atoms. The van der Waals surface area contributed by atoms with Gasteiger partial charge >= 0.3 is 0 Å². The van der Waals surface area contributed by atoms with Crippen molar-refractivity contribution in [2.24, 2.45) is 17.8 Å². The summed E-state index contributed by atoms with van der Waals surface area (Å²) in [4.78, 5) is 11.7. The van der Waals surface area contributed by atoms with Crippen LogP contribution in [0.1, 0.15) is 39.0 Å². The maximum Gasteiger partial charge on any atom is 0.223 e. The van der Waals surface area contributed by atoms with E-state index in [-0.39, 0.29) is 5.38 Å². The highest BCUT2D eigenvalue weighted by Gasteiger charge is 2.56. The van der Waals surface area contributed by atoms with Gasteiger partial charge in [0.15, 0.2) is 0 Å². The summed E-state index contributed by atoms with van der Waals surface area (Å²) in [6.07, 6.45) is 5.88. The van der Waals surface area contributed by atoms with Gasteiger partial charge in [0.1, 0.15) is 0 Å². The third-order valence-corrected chi connectivity index (χ3v) is 4.01. The van der Waals surface area contributed by atoms with Crippen molar-refractivity contribution in [1.29, 1.82) is 0 Å². The Morgan fingerprint density at radius 2 is 2.13 bits per heavy atom. The van der Waals surface area contributed by atoms with Gasteiger partial charge in [-0.25, -0.2) is 0 Å². The van der Waals surface area contributed by atoms with Crippen molar-refractivity contribution < 1.29 is 4.79 Å². The van der Waals surface area contributed by atoms with Gasteiger partial charge in [-0.2, -0.15) is 0 Å². The molecule has 1 amide bonds. The smallest absolute Gasteiger partial charge is 0.223 e. The Bertz CT molecular complexity index is 232. The molecule has 0 radical (unpaired) electrons. The van der Waals surface area contributed by atoms with Crippen LogP contribution in [0.2, 0.25) is 0 Å². The Morgan fingerprint density at radius 1 is 1.47 bits per heavy atom. The van der Waals surface area contributed by atoms with Crippen molar-refractivity contribution in [2.45, 2.75) is 44.4 Å². The zero-order chi connectivity index (χ0) is 10.8. The van der Waals surface area contributed by atoms with Crippen molar-refractivity contribution in [3.63, 3.8) is 0 Å². The topological polar surface area (TPSA) is 29.1 Å². The molecule has 2 aliphatic carbocycles. The first kappa shape index (κ1) is 11.3. The first-order valence-corrected chi connectivity index (χ1v) is 6.55. The van der Waals surface area contributed by atoms with Gasteiger partial charge < -0.3 is 5.32 Å². The Kier molecular flexibility index (Phi) is 3.55. The van der Waals surface area contributed by atoms with Gasteiger partial charge in [0.25, 0.3) is 0 Å². The lowest BCUT2D eigenvalue weighted by Gasteiger charge is -2.07. The largest absolute Gasteiger partial charge is 0.356 e. The monoisotopic (exact) mass is 229 g/mol. The number of hydrogen-bond donors (Lipinski definition) is 1. The van der Waals surface area contributed by atoms with E-state index >= 15 is 0 Å². The van der Waals surface area contributed by atoms with Crippen LogP contribution in [0.25, 0.3) is 0 Å². The molecule has 0 aromatic heterocycles. The van der Waals surface area contributed by atoms with Gasteiger partial charge in [0.2, 0.25) is 5.91 Å². The fraction of sp³-hybridized carbons (Fsp3) is 0.917. The normalized spacial score (nSPS) is 34.7. The van der Waals surface area contributed by atoms with E-state index in [1.54, 1.807) is 0 Å². The summed E-state index contributed by atoms with van der Waals surface area (Å²) in [6.45, 7) is 2.79. The van der Waals surface area contributed by atoms with Crippen LogP contribution in [0.4, 0.5) is 0 Å². The minimum atomic E-state index is 0.224. The van der Waals surface area contributed by atoms with Crippen molar-refractivity contribution in [2.75, 3.05) is 6.54 Å². The molecule has 3 atom stereocenters. The summed E-state index contributed by atoms with van der Waals surface area (Å²) in [5.41, 5.74) is 0. The van der Waals surface area contributed by atoms with Crippen molar-refractivity contribution >= 4 is 17.5 Å². The van der Waals surface area contributed by atoms with Crippen molar-refractivity contribution in [1.82, 2.24) is 5.32 Å².